The number of halogens is 2. The number of carbonyl (C=O) groups excluding carboxylic acids is 2. The van der Waals surface area contributed by atoms with Crippen molar-refractivity contribution in [2.24, 2.45) is 0 Å². The van der Waals surface area contributed by atoms with Crippen molar-refractivity contribution in [1.82, 2.24) is 10.3 Å². The first-order chi connectivity index (χ1) is 9.88. The minimum absolute atomic E-state index is 0.0981. The maximum Gasteiger partial charge on any atom is 0.268 e. The van der Waals surface area contributed by atoms with Crippen LogP contribution in [0.5, 0.6) is 0 Å². The first kappa shape index (κ1) is 15.6. The summed E-state index contributed by atoms with van der Waals surface area (Å²) in [6, 6.07) is 6.35. The van der Waals surface area contributed by atoms with Crippen LogP contribution >= 0.6 is 23.2 Å². The van der Waals surface area contributed by atoms with Crippen LogP contribution in [0.2, 0.25) is 10.0 Å². The highest BCUT2D eigenvalue weighted by molar-refractivity contribution is 6.35. The van der Waals surface area contributed by atoms with E-state index in [-0.39, 0.29) is 17.7 Å². The minimum Gasteiger partial charge on any atom is -0.356 e. The molecule has 0 unspecified atom stereocenters. The maximum atomic E-state index is 12.1. The van der Waals surface area contributed by atoms with Gasteiger partial charge in [0.15, 0.2) is 5.78 Å². The number of H-pyrrole nitrogens is 1. The predicted molar refractivity (Wildman–Crippen MR) is 83.1 cm³/mol. The Labute approximate surface area is 132 Å². The molecule has 1 heterocycles. The highest BCUT2D eigenvalue weighted by Crippen LogP contribution is 2.26. The lowest BCUT2D eigenvalue weighted by Crippen LogP contribution is -2.27. The Balaban J connectivity index is 2.12. The molecule has 1 atom stereocenters. The molecule has 1 aromatic heterocycles. The Bertz CT molecular complexity index is 695. The highest BCUT2D eigenvalue weighted by Gasteiger charge is 2.16. The van der Waals surface area contributed by atoms with E-state index in [1.54, 1.807) is 18.2 Å². The highest BCUT2D eigenvalue weighted by atomic mass is 35.5. The second-order valence-corrected chi connectivity index (χ2v) is 5.56. The fraction of sp³-hybridized carbons (Fsp3) is 0.200. The zero-order valence-corrected chi connectivity index (χ0v) is 13.0. The molecule has 0 fully saturated rings. The number of aromatic nitrogens is 1. The Morgan fingerprint density at radius 3 is 2.52 bits per heavy atom. The molecule has 1 aromatic carbocycles. The number of nitrogens with one attached hydrogen (secondary N) is 2. The Morgan fingerprint density at radius 2 is 1.95 bits per heavy atom. The number of benzene rings is 1. The zero-order chi connectivity index (χ0) is 15.6. The van der Waals surface area contributed by atoms with Gasteiger partial charge in [-0.3, -0.25) is 9.59 Å². The molecule has 21 heavy (non-hydrogen) atoms. The van der Waals surface area contributed by atoms with Crippen LogP contribution in [0.4, 0.5) is 0 Å². The number of Topliss-reactive ketones (excluding diaryl/α,β-unsaturated/α-hetero) is 1. The number of rotatable bonds is 4. The van der Waals surface area contributed by atoms with Gasteiger partial charge >= 0.3 is 0 Å². The van der Waals surface area contributed by atoms with Crippen molar-refractivity contribution in [3.05, 3.63) is 57.3 Å². The van der Waals surface area contributed by atoms with Crippen LogP contribution in [-0.4, -0.2) is 16.7 Å². The third-order valence-corrected chi connectivity index (χ3v) is 3.67. The van der Waals surface area contributed by atoms with Crippen LogP contribution < -0.4 is 5.32 Å². The van der Waals surface area contributed by atoms with Gasteiger partial charge in [-0.1, -0.05) is 29.3 Å². The van der Waals surface area contributed by atoms with Crippen LogP contribution in [0, 0.1) is 0 Å². The van der Waals surface area contributed by atoms with E-state index in [4.69, 9.17) is 23.2 Å². The van der Waals surface area contributed by atoms with Crippen LogP contribution in [0.15, 0.2) is 30.5 Å². The van der Waals surface area contributed by atoms with E-state index in [0.717, 1.165) is 5.56 Å². The first-order valence-electron chi connectivity index (χ1n) is 6.33. The van der Waals surface area contributed by atoms with E-state index in [0.29, 0.717) is 21.3 Å². The van der Waals surface area contributed by atoms with Gasteiger partial charge in [-0.2, -0.15) is 0 Å². The van der Waals surface area contributed by atoms with Gasteiger partial charge in [-0.15, -0.1) is 0 Å². The molecule has 1 amide bonds. The molecule has 2 rings (SSSR count). The predicted octanol–water partition coefficient (Wildman–Crippen LogP) is 4.02. The van der Waals surface area contributed by atoms with Crippen molar-refractivity contribution >= 4 is 34.9 Å². The normalized spacial score (nSPS) is 12.0. The summed E-state index contributed by atoms with van der Waals surface area (Å²) in [5, 5.41) is 3.85. The van der Waals surface area contributed by atoms with Crippen LogP contribution in [0.1, 0.15) is 46.3 Å². The Morgan fingerprint density at radius 1 is 1.24 bits per heavy atom. The molecule has 0 saturated heterocycles. The molecule has 110 valence electrons. The summed E-state index contributed by atoms with van der Waals surface area (Å²) < 4.78 is 0. The molecule has 0 aliphatic rings. The smallest absolute Gasteiger partial charge is 0.268 e. The van der Waals surface area contributed by atoms with Gasteiger partial charge in [-0.05, 0) is 37.6 Å². The topological polar surface area (TPSA) is 62.0 Å². The maximum absolute atomic E-state index is 12.1. The average Bonchev–Trinajstić information content (AvgIpc) is 2.88. The van der Waals surface area contributed by atoms with E-state index in [1.807, 2.05) is 6.92 Å². The lowest BCUT2D eigenvalue weighted by molar-refractivity contribution is 0.0935. The number of amides is 1. The SMILES string of the molecule is CC(=O)c1c[nH]c(C(=O)N[C@H](C)c2ccc(Cl)cc2Cl)c1. The molecule has 6 heteroatoms. The monoisotopic (exact) mass is 324 g/mol. The molecule has 0 bridgehead atoms. The molecular formula is C15H14Cl2N2O2. The van der Waals surface area contributed by atoms with E-state index in [9.17, 15) is 9.59 Å². The summed E-state index contributed by atoms with van der Waals surface area (Å²) in [7, 11) is 0. The Kier molecular flexibility index (Phi) is 4.70. The van der Waals surface area contributed by atoms with E-state index < -0.39 is 0 Å². The van der Waals surface area contributed by atoms with Crippen LogP contribution in [-0.2, 0) is 0 Å². The average molecular weight is 325 g/mol. The third-order valence-electron chi connectivity index (χ3n) is 3.11. The second kappa shape index (κ2) is 6.33. The van der Waals surface area contributed by atoms with Crippen molar-refractivity contribution in [2.75, 3.05) is 0 Å². The summed E-state index contributed by atoms with van der Waals surface area (Å²) in [5.41, 5.74) is 1.57. The van der Waals surface area contributed by atoms with E-state index >= 15 is 0 Å². The third kappa shape index (κ3) is 3.65. The Hall–Kier alpha value is -1.78. The van der Waals surface area contributed by atoms with Gasteiger partial charge in [0.05, 0.1) is 6.04 Å². The summed E-state index contributed by atoms with van der Waals surface area (Å²) >= 11 is 12.0. The summed E-state index contributed by atoms with van der Waals surface area (Å²) in [6.45, 7) is 3.27. The number of carbonyl (C=O) groups is 2. The summed E-state index contributed by atoms with van der Waals surface area (Å²) in [6.07, 6.45) is 1.51. The standard InChI is InChI=1S/C15H14Cl2N2O2/c1-8(12-4-3-11(16)6-13(12)17)19-15(21)14-5-10(7-18-14)9(2)20/h3-8,18H,1-2H3,(H,19,21)/t8-/m1/s1. The number of hydrogen-bond donors (Lipinski definition) is 2. The van der Waals surface area contributed by atoms with Crippen molar-refractivity contribution in [1.29, 1.82) is 0 Å². The van der Waals surface area contributed by atoms with Crippen molar-refractivity contribution in [3.8, 4) is 0 Å². The first-order valence-corrected chi connectivity index (χ1v) is 7.09. The molecular weight excluding hydrogens is 311 g/mol. The van der Waals surface area contributed by atoms with E-state index in [2.05, 4.69) is 10.3 Å². The molecule has 0 aliphatic carbocycles. The van der Waals surface area contributed by atoms with Crippen molar-refractivity contribution in [3.63, 3.8) is 0 Å². The fourth-order valence-electron chi connectivity index (χ4n) is 1.93. The lowest BCUT2D eigenvalue weighted by atomic mass is 10.1. The number of aromatic amines is 1. The van der Waals surface area contributed by atoms with Gasteiger partial charge in [0, 0.05) is 21.8 Å². The molecule has 0 aliphatic heterocycles. The van der Waals surface area contributed by atoms with Crippen LogP contribution in [0.25, 0.3) is 0 Å². The number of hydrogen-bond acceptors (Lipinski definition) is 2. The quantitative estimate of drug-likeness (QED) is 0.834. The molecule has 0 radical (unpaired) electrons. The molecule has 0 spiro atoms. The van der Waals surface area contributed by atoms with Gasteiger partial charge < -0.3 is 10.3 Å². The van der Waals surface area contributed by atoms with Gasteiger partial charge in [0.25, 0.3) is 5.91 Å². The van der Waals surface area contributed by atoms with E-state index in [1.165, 1.54) is 19.2 Å². The van der Waals surface area contributed by atoms with Gasteiger partial charge in [0.2, 0.25) is 0 Å². The summed E-state index contributed by atoms with van der Waals surface area (Å²) in [5.74, 6) is -0.403. The number of ketones is 1. The van der Waals surface area contributed by atoms with Gasteiger partial charge in [0.1, 0.15) is 5.69 Å². The van der Waals surface area contributed by atoms with Gasteiger partial charge in [-0.25, -0.2) is 0 Å². The molecule has 4 nitrogen and oxygen atoms in total. The van der Waals surface area contributed by atoms with Crippen LogP contribution in [0.3, 0.4) is 0 Å². The molecule has 2 N–H and O–H groups in total. The fourth-order valence-corrected chi connectivity index (χ4v) is 2.51. The zero-order valence-electron chi connectivity index (χ0n) is 11.5. The molecule has 0 saturated carbocycles. The largest absolute Gasteiger partial charge is 0.356 e. The second-order valence-electron chi connectivity index (χ2n) is 4.72. The summed E-state index contributed by atoms with van der Waals surface area (Å²) in [4.78, 5) is 26.1. The minimum atomic E-state index is -0.305. The van der Waals surface area contributed by atoms with Crippen molar-refractivity contribution < 1.29 is 9.59 Å². The molecule has 2 aromatic rings. The lowest BCUT2D eigenvalue weighted by Gasteiger charge is -2.15. The van der Waals surface area contributed by atoms with Crippen molar-refractivity contribution in [2.45, 2.75) is 19.9 Å².